The molecule has 0 aliphatic rings. The summed E-state index contributed by atoms with van der Waals surface area (Å²) >= 11 is 7.29. The van der Waals surface area contributed by atoms with Crippen molar-refractivity contribution in [3.05, 3.63) is 70.8 Å². The van der Waals surface area contributed by atoms with Crippen molar-refractivity contribution in [3.63, 3.8) is 0 Å². The zero-order valence-electron chi connectivity index (χ0n) is 10.6. The number of thioether (sulfide) groups is 1. The number of carbonyl (C=O) groups is 1. The van der Waals surface area contributed by atoms with E-state index in [1.807, 2.05) is 42.5 Å². The van der Waals surface area contributed by atoms with Crippen molar-refractivity contribution in [2.75, 3.05) is 5.75 Å². The van der Waals surface area contributed by atoms with E-state index in [1.165, 1.54) is 17.8 Å². The number of halogens is 1. The second-order valence-electron chi connectivity index (χ2n) is 4.07. The van der Waals surface area contributed by atoms with Crippen LogP contribution < -0.4 is 0 Å². The maximum atomic E-state index is 11.1. The summed E-state index contributed by atoms with van der Waals surface area (Å²) in [5.74, 6) is -0.251. The molecule has 1 N–H and O–H groups in total. The van der Waals surface area contributed by atoms with Crippen molar-refractivity contribution in [3.8, 4) is 0 Å². The van der Waals surface area contributed by atoms with Gasteiger partial charge < -0.3 is 5.11 Å². The van der Waals surface area contributed by atoms with E-state index in [-0.39, 0.29) is 5.56 Å². The molecule has 0 bridgehead atoms. The summed E-state index contributed by atoms with van der Waals surface area (Å²) in [6.45, 7) is 0. The van der Waals surface area contributed by atoms with Crippen LogP contribution in [0.4, 0.5) is 0 Å². The molecular weight excluding hydrogens is 292 g/mol. The van der Waals surface area contributed by atoms with Crippen molar-refractivity contribution in [2.45, 2.75) is 4.90 Å². The Kier molecular flexibility index (Phi) is 5.27. The zero-order valence-corrected chi connectivity index (χ0v) is 12.2. The number of aromatic carboxylic acids is 1. The molecule has 2 nitrogen and oxygen atoms in total. The Morgan fingerprint density at radius 2 is 1.95 bits per heavy atom. The standard InChI is InChI=1S/C16H13ClO2S/c17-13-8-9-15(14(11-13)16(18)19)20-10-4-7-12-5-2-1-3-6-12/h1-9,11H,10H2,(H,18,19). The Hall–Kier alpha value is -1.71. The van der Waals surface area contributed by atoms with E-state index in [0.717, 1.165) is 10.5 Å². The van der Waals surface area contributed by atoms with Crippen LogP contribution in [0, 0.1) is 0 Å². The lowest BCUT2D eigenvalue weighted by Gasteiger charge is -2.04. The first-order chi connectivity index (χ1) is 9.66. The smallest absolute Gasteiger partial charge is 0.336 e. The highest BCUT2D eigenvalue weighted by molar-refractivity contribution is 7.99. The lowest BCUT2D eigenvalue weighted by Crippen LogP contribution is -1.98. The third-order valence-corrected chi connectivity index (χ3v) is 3.88. The fourth-order valence-electron chi connectivity index (χ4n) is 1.68. The molecule has 102 valence electrons. The number of hydrogen-bond acceptors (Lipinski definition) is 2. The molecule has 0 aliphatic heterocycles. The lowest BCUT2D eigenvalue weighted by atomic mass is 10.2. The van der Waals surface area contributed by atoms with Crippen LogP contribution in [-0.4, -0.2) is 16.8 Å². The number of carboxylic acids is 1. The van der Waals surface area contributed by atoms with Crippen LogP contribution in [0.3, 0.4) is 0 Å². The first kappa shape index (κ1) is 14.7. The normalized spacial score (nSPS) is 10.8. The van der Waals surface area contributed by atoms with Crippen LogP contribution in [0.5, 0.6) is 0 Å². The van der Waals surface area contributed by atoms with Crippen molar-refractivity contribution in [1.29, 1.82) is 0 Å². The minimum Gasteiger partial charge on any atom is -0.478 e. The average Bonchev–Trinajstić information content (AvgIpc) is 2.45. The molecule has 0 saturated heterocycles. The molecule has 20 heavy (non-hydrogen) atoms. The molecule has 0 radical (unpaired) electrons. The Bertz CT molecular complexity index is 624. The van der Waals surface area contributed by atoms with E-state index < -0.39 is 5.97 Å². The van der Waals surface area contributed by atoms with E-state index in [4.69, 9.17) is 16.7 Å². The Morgan fingerprint density at radius 3 is 2.65 bits per heavy atom. The zero-order chi connectivity index (χ0) is 14.4. The second-order valence-corrected chi connectivity index (χ2v) is 5.57. The Morgan fingerprint density at radius 1 is 1.20 bits per heavy atom. The van der Waals surface area contributed by atoms with Gasteiger partial charge in [-0.15, -0.1) is 11.8 Å². The minimum absolute atomic E-state index is 0.246. The molecule has 0 amide bonds. The van der Waals surface area contributed by atoms with Gasteiger partial charge in [-0.25, -0.2) is 4.79 Å². The van der Waals surface area contributed by atoms with Crippen LogP contribution in [-0.2, 0) is 0 Å². The molecule has 0 fully saturated rings. The second kappa shape index (κ2) is 7.17. The molecule has 0 heterocycles. The van der Waals surface area contributed by atoms with Crippen LogP contribution in [0.1, 0.15) is 15.9 Å². The first-order valence-corrected chi connectivity index (χ1v) is 7.40. The van der Waals surface area contributed by atoms with Gasteiger partial charge in [0.25, 0.3) is 0 Å². The van der Waals surface area contributed by atoms with Crippen LogP contribution in [0.2, 0.25) is 5.02 Å². The van der Waals surface area contributed by atoms with E-state index in [2.05, 4.69) is 0 Å². The van der Waals surface area contributed by atoms with Gasteiger partial charge in [-0.1, -0.05) is 54.1 Å². The molecule has 4 heteroatoms. The molecule has 2 aromatic carbocycles. The van der Waals surface area contributed by atoms with Crippen molar-refractivity contribution in [2.24, 2.45) is 0 Å². The number of carboxylic acid groups (broad SMARTS) is 1. The molecule has 0 atom stereocenters. The fourth-order valence-corrected chi connectivity index (χ4v) is 2.69. The maximum absolute atomic E-state index is 11.1. The molecule has 2 rings (SSSR count). The molecule has 0 aliphatic carbocycles. The third-order valence-electron chi connectivity index (χ3n) is 2.62. The minimum atomic E-state index is -0.956. The molecule has 0 unspecified atom stereocenters. The highest BCUT2D eigenvalue weighted by Gasteiger charge is 2.10. The van der Waals surface area contributed by atoms with E-state index in [9.17, 15) is 4.79 Å². The number of benzene rings is 2. The Labute approximate surface area is 127 Å². The van der Waals surface area contributed by atoms with Crippen molar-refractivity contribution >= 4 is 35.4 Å². The van der Waals surface area contributed by atoms with E-state index in [0.29, 0.717) is 10.8 Å². The quantitative estimate of drug-likeness (QED) is 0.803. The monoisotopic (exact) mass is 304 g/mol. The first-order valence-electron chi connectivity index (χ1n) is 6.04. The van der Waals surface area contributed by atoms with E-state index in [1.54, 1.807) is 12.1 Å². The molecule has 0 spiro atoms. The highest BCUT2D eigenvalue weighted by atomic mass is 35.5. The van der Waals surface area contributed by atoms with Crippen LogP contribution in [0.15, 0.2) is 59.5 Å². The topological polar surface area (TPSA) is 37.3 Å². The van der Waals surface area contributed by atoms with Crippen molar-refractivity contribution in [1.82, 2.24) is 0 Å². The summed E-state index contributed by atoms with van der Waals surface area (Å²) in [7, 11) is 0. The van der Waals surface area contributed by atoms with Crippen molar-refractivity contribution < 1.29 is 9.90 Å². The summed E-state index contributed by atoms with van der Waals surface area (Å²) in [5, 5.41) is 9.57. The predicted molar refractivity (Wildman–Crippen MR) is 84.6 cm³/mol. The van der Waals surface area contributed by atoms with E-state index >= 15 is 0 Å². The number of rotatable bonds is 5. The summed E-state index contributed by atoms with van der Waals surface area (Å²) < 4.78 is 0. The summed E-state index contributed by atoms with van der Waals surface area (Å²) in [6.07, 6.45) is 4.03. The third kappa shape index (κ3) is 4.15. The lowest BCUT2D eigenvalue weighted by molar-refractivity contribution is 0.0693. The predicted octanol–water partition coefficient (Wildman–Crippen LogP) is 4.84. The summed E-state index contributed by atoms with van der Waals surface area (Å²) in [5.41, 5.74) is 1.37. The fraction of sp³-hybridized carbons (Fsp3) is 0.0625. The number of hydrogen-bond donors (Lipinski definition) is 1. The summed E-state index contributed by atoms with van der Waals surface area (Å²) in [6, 6.07) is 14.9. The average molecular weight is 305 g/mol. The van der Waals surface area contributed by atoms with Gasteiger partial charge >= 0.3 is 5.97 Å². The largest absolute Gasteiger partial charge is 0.478 e. The van der Waals surface area contributed by atoms with Gasteiger partial charge in [0.05, 0.1) is 5.56 Å². The van der Waals surface area contributed by atoms with Gasteiger partial charge in [-0.2, -0.15) is 0 Å². The summed E-state index contributed by atoms with van der Waals surface area (Å²) in [4.78, 5) is 11.9. The van der Waals surface area contributed by atoms with Gasteiger partial charge in [0, 0.05) is 15.7 Å². The van der Waals surface area contributed by atoms with Gasteiger partial charge in [0.1, 0.15) is 0 Å². The molecule has 2 aromatic rings. The molecule has 0 aromatic heterocycles. The van der Waals surface area contributed by atoms with Gasteiger partial charge in [0.2, 0.25) is 0 Å². The SMILES string of the molecule is O=C(O)c1cc(Cl)ccc1SCC=Cc1ccccc1. The van der Waals surface area contributed by atoms with Crippen LogP contribution >= 0.6 is 23.4 Å². The highest BCUT2D eigenvalue weighted by Crippen LogP contribution is 2.26. The molecular formula is C16H13ClO2S. The van der Waals surface area contributed by atoms with Gasteiger partial charge in [0.15, 0.2) is 0 Å². The van der Waals surface area contributed by atoms with Gasteiger partial charge in [-0.05, 0) is 23.8 Å². The Balaban J connectivity index is 2.01. The maximum Gasteiger partial charge on any atom is 0.336 e. The molecule has 0 saturated carbocycles. The van der Waals surface area contributed by atoms with Gasteiger partial charge in [-0.3, -0.25) is 0 Å². The van der Waals surface area contributed by atoms with Crippen LogP contribution in [0.25, 0.3) is 6.08 Å².